The number of nitrogens with zero attached hydrogens (tertiary/aromatic N) is 7. The van der Waals surface area contributed by atoms with Gasteiger partial charge in [-0.05, 0) is 12.8 Å². The maximum atomic E-state index is 10.3. The number of likely N-dealkylation sites (tertiary alicyclic amines) is 2. The first kappa shape index (κ1) is 21.3. The lowest BCUT2D eigenvalue weighted by Crippen LogP contribution is -2.49. The van der Waals surface area contributed by atoms with Crippen LogP contribution in [-0.4, -0.2) is 106 Å². The van der Waals surface area contributed by atoms with Crippen LogP contribution in [0.3, 0.4) is 0 Å². The van der Waals surface area contributed by atoms with Gasteiger partial charge in [-0.25, -0.2) is 15.0 Å². The molecule has 3 aliphatic rings. The summed E-state index contributed by atoms with van der Waals surface area (Å²) in [6.45, 7) is 7.81. The summed E-state index contributed by atoms with van der Waals surface area (Å²) >= 11 is 0. The molecule has 0 bridgehead atoms. The first-order chi connectivity index (χ1) is 15.6. The molecule has 1 atom stereocenters. The molecule has 0 radical (unpaired) electrons. The van der Waals surface area contributed by atoms with Gasteiger partial charge in [0.15, 0.2) is 0 Å². The van der Waals surface area contributed by atoms with E-state index in [1.165, 1.54) is 6.42 Å². The Labute approximate surface area is 187 Å². The van der Waals surface area contributed by atoms with Crippen LogP contribution in [0.4, 0.5) is 17.7 Å². The average molecular weight is 442 g/mol. The molecular weight excluding hydrogens is 410 g/mol. The zero-order chi connectivity index (χ0) is 22.0. The van der Waals surface area contributed by atoms with E-state index in [0.717, 1.165) is 57.9 Å². The van der Waals surface area contributed by atoms with E-state index in [4.69, 9.17) is 20.4 Å². The Morgan fingerprint density at radius 3 is 2.53 bits per heavy atom. The van der Waals surface area contributed by atoms with Gasteiger partial charge in [-0.3, -0.25) is 9.80 Å². The van der Waals surface area contributed by atoms with E-state index in [-0.39, 0.29) is 12.6 Å². The minimum Gasteiger partial charge on any atom is -0.394 e. The molecule has 3 fully saturated rings. The summed E-state index contributed by atoms with van der Waals surface area (Å²) < 4.78 is 5.49. The predicted molar refractivity (Wildman–Crippen MR) is 121 cm³/mol. The Kier molecular flexibility index (Phi) is 6.05. The molecule has 0 unspecified atom stereocenters. The Morgan fingerprint density at radius 2 is 1.84 bits per heavy atom. The number of rotatable bonds is 7. The molecule has 3 saturated heterocycles. The lowest BCUT2D eigenvalue weighted by atomic mass is 10.00. The molecule has 0 saturated carbocycles. The van der Waals surface area contributed by atoms with Gasteiger partial charge in [0.2, 0.25) is 11.9 Å². The quantitative estimate of drug-likeness (QED) is 0.531. The third kappa shape index (κ3) is 4.60. The number of hydrogen-bond donors (Lipinski definition) is 3. The molecule has 172 valence electrons. The van der Waals surface area contributed by atoms with E-state index < -0.39 is 5.54 Å². The largest absolute Gasteiger partial charge is 0.394 e. The van der Waals surface area contributed by atoms with Crippen molar-refractivity contribution in [1.82, 2.24) is 29.7 Å². The van der Waals surface area contributed by atoms with Crippen molar-refractivity contribution in [3.8, 4) is 11.3 Å². The van der Waals surface area contributed by atoms with Gasteiger partial charge in [0.05, 0.1) is 37.7 Å². The SMILES string of the molecule is Nc1ncc(-c2cc(N[C@@]3(CO)CCN(CN4CCC4)C3)nc(N3CCOCC3)n2)cn1. The Morgan fingerprint density at radius 1 is 1.06 bits per heavy atom. The monoisotopic (exact) mass is 441 g/mol. The zero-order valence-electron chi connectivity index (χ0n) is 18.3. The molecule has 2 aromatic rings. The van der Waals surface area contributed by atoms with Crippen LogP contribution in [-0.2, 0) is 4.74 Å². The van der Waals surface area contributed by atoms with Crippen LogP contribution in [0.1, 0.15) is 12.8 Å². The van der Waals surface area contributed by atoms with Crippen molar-refractivity contribution < 1.29 is 9.84 Å². The van der Waals surface area contributed by atoms with Crippen molar-refractivity contribution in [1.29, 1.82) is 0 Å². The van der Waals surface area contributed by atoms with Gasteiger partial charge in [-0.1, -0.05) is 0 Å². The van der Waals surface area contributed by atoms with Crippen LogP contribution in [0.5, 0.6) is 0 Å². The van der Waals surface area contributed by atoms with Crippen molar-refractivity contribution in [2.75, 3.05) is 81.7 Å². The number of ether oxygens (including phenoxy) is 1. The molecule has 5 heterocycles. The van der Waals surface area contributed by atoms with Gasteiger partial charge < -0.3 is 25.8 Å². The van der Waals surface area contributed by atoms with E-state index in [9.17, 15) is 5.11 Å². The van der Waals surface area contributed by atoms with Crippen molar-refractivity contribution in [3.63, 3.8) is 0 Å². The first-order valence-corrected chi connectivity index (χ1v) is 11.3. The molecule has 0 aliphatic carbocycles. The number of aliphatic hydroxyl groups is 1. The highest BCUT2D eigenvalue weighted by Gasteiger charge is 2.39. The Balaban J connectivity index is 1.41. The molecular formula is C21H31N9O2. The second-order valence-corrected chi connectivity index (χ2v) is 8.85. The minimum absolute atomic E-state index is 0.0424. The zero-order valence-corrected chi connectivity index (χ0v) is 18.3. The highest BCUT2D eigenvalue weighted by atomic mass is 16.5. The highest BCUT2D eigenvalue weighted by molar-refractivity contribution is 5.64. The fraction of sp³-hybridized carbons (Fsp3) is 0.619. The molecule has 32 heavy (non-hydrogen) atoms. The number of morpholine rings is 1. The maximum absolute atomic E-state index is 10.3. The van der Waals surface area contributed by atoms with Gasteiger partial charge in [-0.15, -0.1) is 0 Å². The number of aromatic nitrogens is 4. The Hall–Kier alpha value is -2.60. The Bertz CT molecular complexity index is 918. The fourth-order valence-corrected chi connectivity index (χ4v) is 4.45. The third-order valence-corrected chi connectivity index (χ3v) is 6.45. The standard InChI is InChI=1S/C21H31N9O2/c22-19-23-11-16(12-24-19)17-10-18(26-20(25-17)30-6-8-32-9-7-30)27-21(14-31)2-5-29(13-21)15-28-3-1-4-28/h10-12,31H,1-9,13-15H2,(H2,22,23,24)(H,25,26,27)/t21-/m0/s1. The minimum atomic E-state index is -0.434. The highest BCUT2D eigenvalue weighted by Crippen LogP contribution is 2.29. The van der Waals surface area contributed by atoms with Crippen molar-refractivity contribution >= 4 is 17.7 Å². The van der Waals surface area contributed by atoms with Crippen molar-refractivity contribution in [2.24, 2.45) is 0 Å². The van der Waals surface area contributed by atoms with Gasteiger partial charge in [-0.2, -0.15) is 4.98 Å². The lowest BCUT2D eigenvalue weighted by Gasteiger charge is -2.35. The summed E-state index contributed by atoms with van der Waals surface area (Å²) in [6, 6.07) is 1.90. The second kappa shape index (κ2) is 9.10. The van der Waals surface area contributed by atoms with E-state index in [2.05, 4.69) is 30.0 Å². The average Bonchev–Trinajstić information content (AvgIpc) is 3.20. The summed E-state index contributed by atoms with van der Waals surface area (Å²) in [4.78, 5) is 24.8. The van der Waals surface area contributed by atoms with Gasteiger partial charge in [0, 0.05) is 63.3 Å². The van der Waals surface area contributed by atoms with Crippen LogP contribution >= 0.6 is 0 Å². The van der Waals surface area contributed by atoms with Crippen molar-refractivity contribution in [2.45, 2.75) is 18.4 Å². The van der Waals surface area contributed by atoms with Gasteiger partial charge in [0.25, 0.3) is 0 Å². The van der Waals surface area contributed by atoms with Crippen molar-refractivity contribution in [3.05, 3.63) is 18.5 Å². The molecule has 4 N–H and O–H groups in total. The number of nitrogens with one attached hydrogen (secondary N) is 1. The number of nitrogen functional groups attached to an aromatic ring is 1. The van der Waals surface area contributed by atoms with Crippen LogP contribution in [0, 0.1) is 0 Å². The molecule has 5 rings (SSSR count). The molecule has 0 aromatic carbocycles. The molecule has 11 nitrogen and oxygen atoms in total. The first-order valence-electron chi connectivity index (χ1n) is 11.3. The van der Waals surface area contributed by atoms with Crippen LogP contribution in [0.15, 0.2) is 18.5 Å². The molecule has 0 spiro atoms. The number of anilines is 3. The summed E-state index contributed by atoms with van der Waals surface area (Å²) in [7, 11) is 0. The summed E-state index contributed by atoms with van der Waals surface area (Å²) in [6.07, 6.45) is 5.47. The molecule has 3 aliphatic heterocycles. The van der Waals surface area contributed by atoms with Gasteiger partial charge in [0.1, 0.15) is 5.82 Å². The fourth-order valence-electron chi connectivity index (χ4n) is 4.45. The van der Waals surface area contributed by atoms with Crippen LogP contribution in [0.2, 0.25) is 0 Å². The normalized spacial score (nSPS) is 24.5. The second-order valence-electron chi connectivity index (χ2n) is 8.85. The van der Waals surface area contributed by atoms with Crippen LogP contribution < -0.4 is 16.0 Å². The summed E-state index contributed by atoms with van der Waals surface area (Å²) in [5.41, 5.74) is 6.71. The summed E-state index contributed by atoms with van der Waals surface area (Å²) in [5.74, 6) is 1.55. The van der Waals surface area contributed by atoms with Crippen LogP contribution in [0.25, 0.3) is 11.3 Å². The molecule has 11 heteroatoms. The lowest BCUT2D eigenvalue weighted by molar-refractivity contribution is 0.0905. The molecule has 2 aromatic heterocycles. The van der Waals surface area contributed by atoms with Gasteiger partial charge >= 0.3 is 0 Å². The number of hydrogen-bond acceptors (Lipinski definition) is 11. The maximum Gasteiger partial charge on any atom is 0.228 e. The number of aliphatic hydroxyl groups excluding tert-OH is 1. The van der Waals surface area contributed by atoms with E-state index in [1.807, 2.05) is 6.07 Å². The van der Waals surface area contributed by atoms with E-state index >= 15 is 0 Å². The summed E-state index contributed by atoms with van der Waals surface area (Å²) in [5, 5.41) is 13.9. The smallest absolute Gasteiger partial charge is 0.228 e. The molecule has 0 amide bonds. The predicted octanol–water partition coefficient (Wildman–Crippen LogP) is -0.136. The topological polar surface area (TPSA) is 129 Å². The van der Waals surface area contributed by atoms with E-state index in [0.29, 0.717) is 30.7 Å². The third-order valence-electron chi connectivity index (χ3n) is 6.45. The number of nitrogens with two attached hydrogens (primary N) is 1. The van der Waals surface area contributed by atoms with E-state index in [1.54, 1.807) is 12.4 Å².